The van der Waals surface area contributed by atoms with Crippen molar-refractivity contribution in [2.75, 3.05) is 6.54 Å². The van der Waals surface area contributed by atoms with Gasteiger partial charge in [0, 0.05) is 32.4 Å². The molecule has 16 heavy (non-hydrogen) atoms. The summed E-state index contributed by atoms with van der Waals surface area (Å²) >= 11 is 0. The van der Waals surface area contributed by atoms with Crippen LogP contribution in [0, 0.1) is 0 Å². The minimum absolute atomic E-state index is 0.217. The third kappa shape index (κ3) is 2.82. The van der Waals surface area contributed by atoms with Gasteiger partial charge in [0.2, 0.25) is 0 Å². The summed E-state index contributed by atoms with van der Waals surface area (Å²) in [6.45, 7) is 1.43. The third-order valence-corrected chi connectivity index (χ3v) is 2.96. The smallest absolute Gasteiger partial charge is 0.304 e. The molecule has 0 saturated heterocycles. The van der Waals surface area contributed by atoms with Gasteiger partial charge in [-0.2, -0.15) is 5.10 Å². The van der Waals surface area contributed by atoms with Crippen molar-refractivity contribution in [1.29, 1.82) is 0 Å². The van der Waals surface area contributed by atoms with Gasteiger partial charge in [0.05, 0.1) is 12.1 Å². The number of carbonyl (C=O) groups is 1. The summed E-state index contributed by atoms with van der Waals surface area (Å²) in [6, 6.07) is 2.56. The first-order chi connectivity index (χ1) is 7.66. The largest absolute Gasteiger partial charge is 0.481 e. The second-order valence-electron chi connectivity index (χ2n) is 4.29. The summed E-state index contributed by atoms with van der Waals surface area (Å²) in [5.41, 5.74) is 1.14. The van der Waals surface area contributed by atoms with Gasteiger partial charge in [-0.15, -0.1) is 0 Å². The summed E-state index contributed by atoms with van der Waals surface area (Å²) < 4.78 is 1.84. The first-order valence-corrected chi connectivity index (χ1v) is 5.59. The molecule has 0 spiro atoms. The van der Waals surface area contributed by atoms with E-state index in [1.54, 1.807) is 6.20 Å². The lowest BCUT2D eigenvalue weighted by molar-refractivity contribution is -0.137. The molecule has 0 aromatic carbocycles. The molecule has 0 atom stereocenters. The molecule has 0 amide bonds. The van der Waals surface area contributed by atoms with Gasteiger partial charge in [-0.25, -0.2) is 0 Å². The van der Waals surface area contributed by atoms with E-state index < -0.39 is 5.97 Å². The zero-order valence-corrected chi connectivity index (χ0v) is 9.46. The molecule has 2 rings (SSSR count). The summed E-state index contributed by atoms with van der Waals surface area (Å²) in [7, 11) is 1.91. The molecule has 1 saturated carbocycles. The number of aliphatic carboxylic acids is 1. The van der Waals surface area contributed by atoms with Crippen LogP contribution in [0.25, 0.3) is 0 Å². The fourth-order valence-corrected chi connectivity index (χ4v) is 1.83. The number of hydrogen-bond acceptors (Lipinski definition) is 3. The number of carboxylic acid groups (broad SMARTS) is 1. The van der Waals surface area contributed by atoms with Crippen LogP contribution in [0.2, 0.25) is 0 Å². The predicted molar refractivity (Wildman–Crippen MR) is 58.9 cm³/mol. The number of aryl methyl sites for hydroxylation is 1. The van der Waals surface area contributed by atoms with Crippen molar-refractivity contribution in [2.45, 2.75) is 31.8 Å². The molecule has 5 nitrogen and oxygen atoms in total. The van der Waals surface area contributed by atoms with Crippen LogP contribution in [0.3, 0.4) is 0 Å². The van der Waals surface area contributed by atoms with Crippen LogP contribution in [-0.2, 0) is 18.4 Å². The quantitative estimate of drug-likeness (QED) is 0.777. The van der Waals surface area contributed by atoms with Crippen molar-refractivity contribution in [3.8, 4) is 0 Å². The molecule has 1 aliphatic carbocycles. The second-order valence-corrected chi connectivity index (χ2v) is 4.29. The number of hydrogen-bond donors (Lipinski definition) is 1. The standard InChI is InChI=1S/C11H17N3O2/c1-13-10(4-6-12-13)8-14(9-2-3-9)7-5-11(15)16/h4,6,9H,2-3,5,7-8H2,1H3,(H,15,16). The molecule has 88 valence electrons. The van der Waals surface area contributed by atoms with Crippen LogP contribution in [0.4, 0.5) is 0 Å². The fraction of sp³-hybridized carbons (Fsp3) is 0.636. The normalized spacial score (nSPS) is 15.6. The van der Waals surface area contributed by atoms with Gasteiger partial charge in [-0.1, -0.05) is 0 Å². The lowest BCUT2D eigenvalue weighted by Gasteiger charge is -2.20. The van der Waals surface area contributed by atoms with Gasteiger partial charge >= 0.3 is 5.97 Å². The van der Waals surface area contributed by atoms with E-state index in [-0.39, 0.29) is 6.42 Å². The van der Waals surface area contributed by atoms with Crippen molar-refractivity contribution >= 4 is 5.97 Å². The first kappa shape index (κ1) is 11.1. The van der Waals surface area contributed by atoms with E-state index in [0.29, 0.717) is 12.6 Å². The summed E-state index contributed by atoms with van der Waals surface area (Å²) in [4.78, 5) is 12.8. The Morgan fingerprint density at radius 2 is 2.44 bits per heavy atom. The van der Waals surface area contributed by atoms with Gasteiger partial charge in [0.1, 0.15) is 0 Å². The molecule has 0 unspecified atom stereocenters. The minimum Gasteiger partial charge on any atom is -0.481 e. The number of rotatable bonds is 6. The van der Waals surface area contributed by atoms with Crippen molar-refractivity contribution in [2.24, 2.45) is 7.05 Å². The maximum absolute atomic E-state index is 10.6. The van der Waals surface area contributed by atoms with Crippen LogP contribution in [0.1, 0.15) is 25.0 Å². The minimum atomic E-state index is -0.726. The maximum Gasteiger partial charge on any atom is 0.304 e. The molecule has 1 heterocycles. The van der Waals surface area contributed by atoms with E-state index in [2.05, 4.69) is 10.00 Å². The highest BCUT2D eigenvalue weighted by molar-refractivity contribution is 5.66. The molecule has 1 aromatic heterocycles. The summed E-state index contributed by atoms with van der Waals surface area (Å²) in [5, 5.41) is 12.8. The Hall–Kier alpha value is -1.36. The van der Waals surface area contributed by atoms with Crippen LogP contribution in [0.15, 0.2) is 12.3 Å². The van der Waals surface area contributed by atoms with Crippen LogP contribution < -0.4 is 0 Å². The van der Waals surface area contributed by atoms with E-state index in [0.717, 1.165) is 12.2 Å². The Morgan fingerprint density at radius 3 is 2.94 bits per heavy atom. The van der Waals surface area contributed by atoms with Crippen LogP contribution >= 0.6 is 0 Å². The molecular formula is C11H17N3O2. The van der Waals surface area contributed by atoms with Crippen molar-refractivity contribution < 1.29 is 9.90 Å². The van der Waals surface area contributed by atoms with E-state index >= 15 is 0 Å². The Morgan fingerprint density at radius 1 is 1.69 bits per heavy atom. The Bertz CT molecular complexity index is 371. The Labute approximate surface area is 94.7 Å². The van der Waals surface area contributed by atoms with Gasteiger partial charge in [-0.05, 0) is 18.9 Å². The van der Waals surface area contributed by atoms with Crippen LogP contribution in [0.5, 0.6) is 0 Å². The van der Waals surface area contributed by atoms with E-state index in [9.17, 15) is 4.79 Å². The second kappa shape index (κ2) is 4.65. The Kier molecular flexibility index (Phi) is 3.24. The van der Waals surface area contributed by atoms with Crippen molar-refractivity contribution in [3.63, 3.8) is 0 Å². The average Bonchev–Trinajstić information content (AvgIpc) is 2.99. The Balaban J connectivity index is 1.92. The molecule has 0 bridgehead atoms. The molecule has 0 radical (unpaired) electrons. The maximum atomic E-state index is 10.6. The highest BCUT2D eigenvalue weighted by atomic mass is 16.4. The van der Waals surface area contributed by atoms with E-state index in [1.165, 1.54) is 12.8 Å². The highest BCUT2D eigenvalue weighted by Crippen LogP contribution is 2.28. The van der Waals surface area contributed by atoms with E-state index in [1.807, 2.05) is 17.8 Å². The fourth-order valence-electron chi connectivity index (χ4n) is 1.83. The number of carboxylic acids is 1. The predicted octanol–water partition coefficient (Wildman–Crippen LogP) is 0.859. The lowest BCUT2D eigenvalue weighted by Crippen LogP contribution is -2.29. The molecule has 1 fully saturated rings. The number of nitrogens with zero attached hydrogens (tertiary/aromatic N) is 3. The molecule has 1 aromatic rings. The average molecular weight is 223 g/mol. The van der Waals surface area contributed by atoms with Gasteiger partial charge < -0.3 is 5.11 Å². The van der Waals surface area contributed by atoms with Gasteiger partial charge in [-0.3, -0.25) is 14.4 Å². The number of aromatic nitrogens is 2. The molecule has 0 aliphatic heterocycles. The SMILES string of the molecule is Cn1nccc1CN(CCC(=O)O)C1CC1. The van der Waals surface area contributed by atoms with Crippen LogP contribution in [-0.4, -0.2) is 38.3 Å². The van der Waals surface area contributed by atoms with E-state index in [4.69, 9.17) is 5.11 Å². The first-order valence-electron chi connectivity index (χ1n) is 5.59. The summed E-state index contributed by atoms with van der Waals surface area (Å²) in [6.07, 6.45) is 4.38. The lowest BCUT2D eigenvalue weighted by atomic mass is 10.3. The molecular weight excluding hydrogens is 206 g/mol. The topological polar surface area (TPSA) is 58.4 Å². The van der Waals surface area contributed by atoms with Crippen molar-refractivity contribution in [3.05, 3.63) is 18.0 Å². The highest BCUT2D eigenvalue weighted by Gasteiger charge is 2.29. The zero-order chi connectivity index (χ0) is 11.5. The monoisotopic (exact) mass is 223 g/mol. The third-order valence-electron chi connectivity index (χ3n) is 2.96. The van der Waals surface area contributed by atoms with Gasteiger partial charge in [0.25, 0.3) is 0 Å². The van der Waals surface area contributed by atoms with Gasteiger partial charge in [0.15, 0.2) is 0 Å². The summed E-state index contributed by atoms with van der Waals surface area (Å²) in [5.74, 6) is -0.726. The molecule has 5 heteroatoms. The van der Waals surface area contributed by atoms with Crippen molar-refractivity contribution in [1.82, 2.24) is 14.7 Å². The zero-order valence-electron chi connectivity index (χ0n) is 9.46. The molecule has 1 N–H and O–H groups in total. The molecule has 1 aliphatic rings.